The summed E-state index contributed by atoms with van der Waals surface area (Å²) in [7, 11) is 2.11. The van der Waals surface area contributed by atoms with E-state index in [-0.39, 0.29) is 12.5 Å². The first-order valence-corrected chi connectivity index (χ1v) is 8.56. The van der Waals surface area contributed by atoms with Crippen LogP contribution < -0.4 is 10.2 Å². The molecule has 6 heteroatoms. The molecule has 0 radical (unpaired) electrons. The van der Waals surface area contributed by atoms with Gasteiger partial charge in [0.1, 0.15) is 5.82 Å². The van der Waals surface area contributed by atoms with Gasteiger partial charge >= 0.3 is 0 Å². The average molecular weight is 340 g/mol. The lowest BCUT2D eigenvalue weighted by Gasteiger charge is -2.33. The summed E-state index contributed by atoms with van der Waals surface area (Å²) in [5.41, 5.74) is 2.38. The molecule has 6 nitrogen and oxygen atoms in total. The molecule has 0 aliphatic carbocycles. The number of anilines is 2. The Balaban J connectivity index is 1.66. The molecule has 1 saturated heterocycles. The summed E-state index contributed by atoms with van der Waals surface area (Å²) in [6.45, 7) is 3.95. The zero-order valence-corrected chi connectivity index (χ0v) is 14.5. The van der Waals surface area contributed by atoms with E-state index >= 15 is 0 Å². The van der Waals surface area contributed by atoms with Crippen LogP contribution in [0.25, 0.3) is 0 Å². The molecule has 0 bridgehead atoms. The van der Waals surface area contributed by atoms with Crippen LogP contribution in [0.3, 0.4) is 0 Å². The Labute approximate surface area is 148 Å². The van der Waals surface area contributed by atoms with Crippen molar-refractivity contribution in [2.45, 2.75) is 6.42 Å². The van der Waals surface area contributed by atoms with Crippen LogP contribution in [0.4, 0.5) is 11.5 Å². The van der Waals surface area contributed by atoms with E-state index in [0.717, 1.165) is 43.2 Å². The second-order valence-electron chi connectivity index (χ2n) is 6.32. The number of benzene rings is 1. The number of carbonyl (C=O) groups is 1. The Bertz CT molecular complexity index is 710. The molecule has 1 amide bonds. The van der Waals surface area contributed by atoms with Crippen molar-refractivity contribution in [3.8, 4) is 0 Å². The van der Waals surface area contributed by atoms with Gasteiger partial charge in [0.05, 0.1) is 0 Å². The number of nitrogens with one attached hydrogen (secondary N) is 1. The average Bonchev–Trinajstić information content (AvgIpc) is 2.64. The minimum Gasteiger partial charge on any atom is -0.396 e. The topological polar surface area (TPSA) is 68.7 Å². The van der Waals surface area contributed by atoms with Crippen molar-refractivity contribution in [1.82, 2.24) is 9.88 Å². The fraction of sp³-hybridized carbons (Fsp3) is 0.368. The van der Waals surface area contributed by atoms with Crippen LogP contribution in [-0.2, 0) is 6.42 Å². The molecule has 0 spiro atoms. The molecular formula is C19H24N4O2. The van der Waals surface area contributed by atoms with Gasteiger partial charge in [-0.3, -0.25) is 4.79 Å². The summed E-state index contributed by atoms with van der Waals surface area (Å²) < 4.78 is 0. The van der Waals surface area contributed by atoms with E-state index in [0.29, 0.717) is 12.0 Å². The molecule has 1 aliphatic heterocycles. The number of carbonyl (C=O) groups excluding carboxylic acids is 1. The molecule has 0 unspecified atom stereocenters. The second-order valence-corrected chi connectivity index (χ2v) is 6.32. The van der Waals surface area contributed by atoms with Gasteiger partial charge in [-0.1, -0.05) is 12.1 Å². The summed E-state index contributed by atoms with van der Waals surface area (Å²) in [6, 6.07) is 11.1. The van der Waals surface area contributed by atoms with E-state index in [1.807, 2.05) is 30.3 Å². The summed E-state index contributed by atoms with van der Waals surface area (Å²) >= 11 is 0. The quantitative estimate of drug-likeness (QED) is 0.866. The van der Waals surface area contributed by atoms with E-state index in [4.69, 9.17) is 5.11 Å². The number of piperazine rings is 1. The first-order valence-electron chi connectivity index (χ1n) is 8.56. The molecule has 25 heavy (non-hydrogen) atoms. The third-order valence-corrected chi connectivity index (χ3v) is 4.45. The smallest absolute Gasteiger partial charge is 0.255 e. The standard InChI is InChI=1S/C19H24N4O2/c1-22-9-11-23(12-10-22)18-14-16(6-8-20-18)19(25)21-17-4-2-15(3-5-17)7-13-24/h2-6,8,14,24H,7,9-13H2,1H3,(H,21,25). The predicted molar refractivity (Wildman–Crippen MR) is 99.1 cm³/mol. The Morgan fingerprint density at radius 3 is 2.56 bits per heavy atom. The normalized spacial score (nSPS) is 15.2. The van der Waals surface area contributed by atoms with Crippen molar-refractivity contribution in [2.75, 3.05) is 50.1 Å². The van der Waals surface area contributed by atoms with Crippen molar-refractivity contribution >= 4 is 17.4 Å². The number of hydrogen-bond acceptors (Lipinski definition) is 5. The second kappa shape index (κ2) is 8.09. The van der Waals surface area contributed by atoms with Gasteiger partial charge in [0, 0.05) is 50.2 Å². The molecule has 1 aromatic carbocycles. The molecule has 3 rings (SSSR count). The summed E-state index contributed by atoms with van der Waals surface area (Å²) in [6.07, 6.45) is 2.31. The van der Waals surface area contributed by atoms with E-state index < -0.39 is 0 Å². The summed E-state index contributed by atoms with van der Waals surface area (Å²) in [4.78, 5) is 21.4. The lowest BCUT2D eigenvalue weighted by Crippen LogP contribution is -2.44. The third-order valence-electron chi connectivity index (χ3n) is 4.45. The number of aromatic nitrogens is 1. The molecule has 1 fully saturated rings. The fourth-order valence-corrected chi connectivity index (χ4v) is 2.86. The van der Waals surface area contributed by atoms with Crippen LogP contribution >= 0.6 is 0 Å². The zero-order valence-electron chi connectivity index (χ0n) is 14.5. The highest BCUT2D eigenvalue weighted by molar-refractivity contribution is 6.04. The van der Waals surface area contributed by atoms with Crippen molar-refractivity contribution < 1.29 is 9.90 Å². The first kappa shape index (κ1) is 17.4. The van der Waals surface area contributed by atoms with Crippen LogP contribution in [0.15, 0.2) is 42.6 Å². The maximum absolute atomic E-state index is 12.5. The van der Waals surface area contributed by atoms with Gasteiger partial charge in [-0.2, -0.15) is 0 Å². The van der Waals surface area contributed by atoms with Crippen molar-refractivity contribution in [3.63, 3.8) is 0 Å². The Kier molecular flexibility index (Phi) is 5.63. The maximum Gasteiger partial charge on any atom is 0.255 e. The van der Waals surface area contributed by atoms with Crippen LogP contribution in [0, 0.1) is 0 Å². The first-order chi connectivity index (χ1) is 12.2. The molecule has 2 aromatic rings. The van der Waals surface area contributed by atoms with Crippen LogP contribution in [0.2, 0.25) is 0 Å². The zero-order chi connectivity index (χ0) is 17.6. The Morgan fingerprint density at radius 1 is 1.16 bits per heavy atom. The molecule has 132 valence electrons. The number of hydrogen-bond donors (Lipinski definition) is 2. The lowest BCUT2D eigenvalue weighted by molar-refractivity contribution is 0.102. The van der Waals surface area contributed by atoms with Crippen molar-refractivity contribution in [1.29, 1.82) is 0 Å². The van der Waals surface area contributed by atoms with E-state index in [9.17, 15) is 4.79 Å². The molecule has 2 N–H and O–H groups in total. The molecule has 1 aromatic heterocycles. The third kappa shape index (κ3) is 4.55. The molecular weight excluding hydrogens is 316 g/mol. The molecule has 0 atom stereocenters. The molecule has 0 saturated carbocycles. The summed E-state index contributed by atoms with van der Waals surface area (Å²) in [5, 5.41) is 11.9. The van der Waals surface area contributed by atoms with Gasteiger partial charge in [0.25, 0.3) is 5.91 Å². The van der Waals surface area contributed by atoms with Gasteiger partial charge in [-0.05, 0) is 43.3 Å². The highest BCUT2D eigenvalue weighted by Gasteiger charge is 2.16. The number of aliphatic hydroxyl groups excluding tert-OH is 1. The van der Waals surface area contributed by atoms with E-state index in [2.05, 4.69) is 27.1 Å². The van der Waals surface area contributed by atoms with Gasteiger partial charge < -0.3 is 20.2 Å². The van der Waals surface area contributed by atoms with Crippen molar-refractivity contribution in [2.24, 2.45) is 0 Å². The maximum atomic E-state index is 12.5. The van der Waals surface area contributed by atoms with Gasteiger partial charge in [-0.25, -0.2) is 4.98 Å². The summed E-state index contributed by atoms with van der Waals surface area (Å²) in [5.74, 6) is 0.701. The monoisotopic (exact) mass is 340 g/mol. The van der Waals surface area contributed by atoms with E-state index in [1.165, 1.54) is 0 Å². The number of nitrogens with zero attached hydrogens (tertiary/aromatic N) is 3. The fourth-order valence-electron chi connectivity index (χ4n) is 2.86. The minimum absolute atomic E-state index is 0.123. The van der Waals surface area contributed by atoms with Gasteiger partial charge in [-0.15, -0.1) is 0 Å². The van der Waals surface area contributed by atoms with Crippen LogP contribution in [0.1, 0.15) is 15.9 Å². The van der Waals surface area contributed by atoms with E-state index in [1.54, 1.807) is 12.3 Å². The number of amides is 1. The largest absolute Gasteiger partial charge is 0.396 e. The Morgan fingerprint density at radius 2 is 1.88 bits per heavy atom. The minimum atomic E-state index is -0.146. The Hall–Kier alpha value is -2.44. The highest BCUT2D eigenvalue weighted by atomic mass is 16.3. The molecule has 2 heterocycles. The molecule has 1 aliphatic rings. The highest BCUT2D eigenvalue weighted by Crippen LogP contribution is 2.17. The number of rotatable bonds is 5. The lowest BCUT2D eigenvalue weighted by atomic mass is 10.1. The SMILES string of the molecule is CN1CCN(c2cc(C(=O)Nc3ccc(CCO)cc3)ccn2)CC1. The number of likely N-dealkylation sites (N-methyl/N-ethyl adjacent to an activating group) is 1. The predicted octanol–water partition coefficient (Wildman–Crippen LogP) is 1.62. The number of pyridine rings is 1. The van der Waals surface area contributed by atoms with Crippen LogP contribution in [-0.4, -0.2) is 60.7 Å². The van der Waals surface area contributed by atoms with Crippen molar-refractivity contribution in [3.05, 3.63) is 53.7 Å². The van der Waals surface area contributed by atoms with Gasteiger partial charge in [0.15, 0.2) is 0 Å². The van der Waals surface area contributed by atoms with Gasteiger partial charge in [0.2, 0.25) is 0 Å². The number of aliphatic hydroxyl groups is 1. The van der Waals surface area contributed by atoms with Crippen LogP contribution in [0.5, 0.6) is 0 Å².